The zero-order valence-corrected chi connectivity index (χ0v) is 10.4. The van der Waals surface area contributed by atoms with E-state index < -0.39 is 11.9 Å². The lowest BCUT2D eigenvalue weighted by molar-refractivity contribution is -0.122. The number of aromatic nitrogens is 2. The predicted molar refractivity (Wildman–Crippen MR) is 66.0 cm³/mol. The Kier molecular flexibility index (Phi) is 3.22. The van der Waals surface area contributed by atoms with E-state index in [-0.39, 0.29) is 11.6 Å². The molecule has 2 amide bonds. The SMILES string of the molecule is CNC(=O)C(C)NC(=O)c1n[nH]c(C2CC2)c1N. The first-order valence-corrected chi connectivity index (χ1v) is 5.90. The molecule has 18 heavy (non-hydrogen) atoms. The summed E-state index contributed by atoms with van der Waals surface area (Å²) < 4.78 is 0. The van der Waals surface area contributed by atoms with Crippen LogP contribution in [-0.2, 0) is 4.79 Å². The first-order valence-electron chi connectivity index (χ1n) is 5.90. The number of aromatic amines is 1. The summed E-state index contributed by atoms with van der Waals surface area (Å²) in [7, 11) is 1.51. The van der Waals surface area contributed by atoms with Gasteiger partial charge in [-0.1, -0.05) is 0 Å². The average Bonchev–Trinajstić information content (AvgIpc) is 3.11. The van der Waals surface area contributed by atoms with Gasteiger partial charge in [0.1, 0.15) is 6.04 Å². The molecule has 1 heterocycles. The fourth-order valence-electron chi connectivity index (χ4n) is 1.77. The first kappa shape index (κ1) is 12.4. The van der Waals surface area contributed by atoms with Crippen molar-refractivity contribution in [2.75, 3.05) is 12.8 Å². The summed E-state index contributed by atoms with van der Waals surface area (Å²) >= 11 is 0. The van der Waals surface area contributed by atoms with Crippen molar-refractivity contribution < 1.29 is 9.59 Å². The molecule has 0 aromatic carbocycles. The molecule has 5 N–H and O–H groups in total. The topological polar surface area (TPSA) is 113 Å². The van der Waals surface area contributed by atoms with Crippen LogP contribution in [0.25, 0.3) is 0 Å². The van der Waals surface area contributed by atoms with Crippen molar-refractivity contribution in [2.24, 2.45) is 0 Å². The van der Waals surface area contributed by atoms with E-state index in [4.69, 9.17) is 5.73 Å². The fourth-order valence-corrected chi connectivity index (χ4v) is 1.77. The van der Waals surface area contributed by atoms with Crippen LogP contribution in [0.5, 0.6) is 0 Å². The Balaban J connectivity index is 2.07. The van der Waals surface area contributed by atoms with Gasteiger partial charge in [-0.3, -0.25) is 14.7 Å². The molecular weight excluding hydrogens is 234 g/mol. The van der Waals surface area contributed by atoms with Crippen molar-refractivity contribution in [1.29, 1.82) is 0 Å². The van der Waals surface area contributed by atoms with Crippen LogP contribution in [0, 0.1) is 0 Å². The van der Waals surface area contributed by atoms with Gasteiger partial charge < -0.3 is 16.4 Å². The van der Waals surface area contributed by atoms with Crippen LogP contribution in [0.3, 0.4) is 0 Å². The van der Waals surface area contributed by atoms with Crippen LogP contribution in [0.4, 0.5) is 5.69 Å². The molecule has 7 nitrogen and oxygen atoms in total. The van der Waals surface area contributed by atoms with Crippen molar-refractivity contribution in [3.8, 4) is 0 Å². The van der Waals surface area contributed by atoms with Gasteiger partial charge in [0.25, 0.3) is 5.91 Å². The van der Waals surface area contributed by atoms with Crippen molar-refractivity contribution >= 4 is 17.5 Å². The Morgan fingerprint density at radius 2 is 2.17 bits per heavy atom. The van der Waals surface area contributed by atoms with Crippen LogP contribution >= 0.6 is 0 Å². The van der Waals surface area contributed by atoms with Gasteiger partial charge in [-0.2, -0.15) is 5.10 Å². The molecule has 1 saturated carbocycles. The van der Waals surface area contributed by atoms with Crippen LogP contribution < -0.4 is 16.4 Å². The van der Waals surface area contributed by atoms with Crippen molar-refractivity contribution in [1.82, 2.24) is 20.8 Å². The number of nitrogens with two attached hydrogens (primary N) is 1. The molecule has 1 aromatic heterocycles. The third-order valence-corrected chi connectivity index (χ3v) is 3.02. The number of nitrogens with zero attached hydrogens (tertiary/aromatic N) is 1. The van der Waals surface area contributed by atoms with Gasteiger partial charge in [-0.05, 0) is 19.8 Å². The van der Waals surface area contributed by atoms with Crippen LogP contribution in [0.2, 0.25) is 0 Å². The number of likely N-dealkylation sites (N-methyl/N-ethyl adjacent to an activating group) is 1. The highest BCUT2D eigenvalue weighted by Crippen LogP contribution is 2.42. The molecule has 1 atom stereocenters. The van der Waals surface area contributed by atoms with Gasteiger partial charge in [0, 0.05) is 13.0 Å². The molecule has 0 aliphatic heterocycles. The maximum Gasteiger partial charge on any atom is 0.274 e. The summed E-state index contributed by atoms with van der Waals surface area (Å²) in [6.07, 6.45) is 2.14. The highest BCUT2D eigenvalue weighted by molar-refractivity contribution is 6.00. The Bertz CT molecular complexity index is 478. The molecule has 0 bridgehead atoms. The van der Waals surface area contributed by atoms with Gasteiger partial charge >= 0.3 is 0 Å². The maximum atomic E-state index is 11.9. The third kappa shape index (κ3) is 2.29. The number of hydrogen-bond donors (Lipinski definition) is 4. The molecule has 0 radical (unpaired) electrons. The first-order chi connectivity index (χ1) is 8.54. The van der Waals surface area contributed by atoms with Gasteiger partial charge in [0.05, 0.1) is 11.4 Å². The standard InChI is InChI=1S/C11H17N5O2/c1-5(10(17)13-2)14-11(18)9-7(12)8(15-16-9)6-3-4-6/h5-6H,3-4,12H2,1-2H3,(H,13,17)(H,14,18)(H,15,16). The highest BCUT2D eigenvalue weighted by atomic mass is 16.2. The zero-order chi connectivity index (χ0) is 13.3. The largest absolute Gasteiger partial charge is 0.395 e. The van der Waals surface area contributed by atoms with E-state index in [1.165, 1.54) is 7.05 Å². The summed E-state index contributed by atoms with van der Waals surface area (Å²) in [5.41, 5.74) is 7.25. The molecule has 0 spiro atoms. The number of nitrogens with one attached hydrogen (secondary N) is 3. The highest BCUT2D eigenvalue weighted by Gasteiger charge is 2.30. The molecule has 98 valence electrons. The Labute approximate surface area is 105 Å². The summed E-state index contributed by atoms with van der Waals surface area (Å²) in [6.45, 7) is 1.60. The van der Waals surface area contributed by atoms with E-state index in [2.05, 4.69) is 20.8 Å². The van der Waals surface area contributed by atoms with E-state index in [1.54, 1.807) is 6.92 Å². The lowest BCUT2D eigenvalue weighted by atomic mass is 10.2. The van der Waals surface area contributed by atoms with Gasteiger partial charge in [-0.25, -0.2) is 0 Å². The summed E-state index contributed by atoms with van der Waals surface area (Å²) in [5.74, 6) is -0.304. The normalized spacial score (nSPS) is 16.1. The minimum atomic E-state index is -0.622. The zero-order valence-electron chi connectivity index (χ0n) is 10.4. The summed E-state index contributed by atoms with van der Waals surface area (Å²) in [4.78, 5) is 23.2. The van der Waals surface area contributed by atoms with Crippen LogP contribution in [-0.4, -0.2) is 35.1 Å². The van der Waals surface area contributed by atoms with E-state index in [0.717, 1.165) is 18.5 Å². The predicted octanol–water partition coefficient (Wildman–Crippen LogP) is -0.266. The number of rotatable bonds is 4. The molecular formula is C11H17N5O2. The molecule has 1 unspecified atom stereocenters. The molecule has 1 aromatic rings. The average molecular weight is 251 g/mol. The Morgan fingerprint density at radius 3 is 2.72 bits per heavy atom. The number of hydrogen-bond acceptors (Lipinski definition) is 4. The number of nitrogen functional groups attached to an aromatic ring is 1. The second kappa shape index (κ2) is 4.67. The van der Waals surface area contributed by atoms with Gasteiger partial charge in [0.15, 0.2) is 5.69 Å². The van der Waals surface area contributed by atoms with Crippen molar-refractivity contribution in [2.45, 2.75) is 31.7 Å². The number of carbonyl (C=O) groups excluding carboxylic acids is 2. The van der Waals surface area contributed by atoms with Crippen LogP contribution in [0.15, 0.2) is 0 Å². The van der Waals surface area contributed by atoms with Crippen molar-refractivity contribution in [3.63, 3.8) is 0 Å². The molecule has 2 rings (SSSR count). The van der Waals surface area contributed by atoms with Gasteiger partial charge in [0.2, 0.25) is 5.91 Å². The minimum Gasteiger partial charge on any atom is -0.395 e. The number of anilines is 1. The number of H-pyrrole nitrogens is 1. The van der Waals surface area contributed by atoms with Gasteiger partial charge in [-0.15, -0.1) is 0 Å². The fraction of sp³-hybridized carbons (Fsp3) is 0.545. The second-order valence-electron chi connectivity index (χ2n) is 4.48. The second-order valence-corrected chi connectivity index (χ2v) is 4.48. The summed E-state index contributed by atoms with van der Waals surface area (Å²) in [5, 5.41) is 11.7. The third-order valence-electron chi connectivity index (χ3n) is 3.02. The smallest absolute Gasteiger partial charge is 0.274 e. The molecule has 1 aliphatic rings. The monoisotopic (exact) mass is 251 g/mol. The van der Waals surface area contributed by atoms with E-state index in [0.29, 0.717) is 11.6 Å². The minimum absolute atomic E-state index is 0.160. The Morgan fingerprint density at radius 1 is 1.50 bits per heavy atom. The van der Waals surface area contributed by atoms with E-state index in [1.807, 2.05) is 0 Å². The number of carbonyl (C=O) groups is 2. The van der Waals surface area contributed by atoms with Crippen LogP contribution in [0.1, 0.15) is 41.9 Å². The molecule has 1 fully saturated rings. The molecule has 7 heteroatoms. The lowest BCUT2D eigenvalue weighted by Gasteiger charge is -2.11. The lowest BCUT2D eigenvalue weighted by Crippen LogP contribution is -2.43. The van der Waals surface area contributed by atoms with Crippen molar-refractivity contribution in [3.05, 3.63) is 11.4 Å². The summed E-state index contributed by atoms with van der Waals surface area (Å²) in [6, 6.07) is -0.622. The number of amides is 2. The van der Waals surface area contributed by atoms with E-state index in [9.17, 15) is 9.59 Å². The maximum absolute atomic E-state index is 11.9. The Hall–Kier alpha value is -2.05. The van der Waals surface area contributed by atoms with E-state index >= 15 is 0 Å². The molecule has 0 saturated heterocycles. The molecule has 1 aliphatic carbocycles. The quantitative estimate of drug-likeness (QED) is 0.590.